The number of rotatable bonds is 7. The number of hydrogen-bond acceptors (Lipinski definition) is 5. The van der Waals surface area contributed by atoms with Crippen LogP contribution in [0.25, 0.3) is 5.57 Å². The zero-order chi connectivity index (χ0) is 22.7. The van der Waals surface area contributed by atoms with Crippen molar-refractivity contribution < 1.29 is 18.8 Å². The molecule has 0 saturated heterocycles. The molecule has 166 valence electrons. The van der Waals surface area contributed by atoms with Gasteiger partial charge in [-0.25, -0.2) is 9.78 Å². The number of pyridine rings is 1. The number of hydrogen-bond donors (Lipinski definition) is 1. The van der Waals surface area contributed by atoms with Crippen molar-refractivity contribution in [3.05, 3.63) is 64.0 Å². The van der Waals surface area contributed by atoms with Crippen molar-refractivity contribution >= 4 is 22.3 Å². The Balaban J connectivity index is 1.84. The van der Waals surface area contributed by atoms with E-state index in [9.17, 15) is 14.1 Å². The van der Waals surface area contributed by atoms with Crippen LogP contribution in [0.1, 0.15) is 55.0 Å². The molecular weight excluding hydrogens is 410 g/mol. The van der Waals surface area contributed by atoms with E-state index < -0.39 is 22.9 Å². The number of aliphatic hydroxyl groups is 1. The number of esters is 1. The second kappa shape index (κ2) is 9.77. The van der Waals surface area contributed by atoms with E-state index in [1.54, 1.807) is 12.3 Å². The third-order valence-electron chi connectivity index (χ3n) is 5.77. The van der Waals surface area contributed by atoms with E-state index in [1.807, 2.05) is 40.7 Å². The summed E-state index contributed by atoms with van der Waals surface area (Å²) in [5.74, 6) is -0.332. The first-order valence-corrected chi connectivity index (χ1v) is 12.1. The van der Waals surface area contributed by atoms with E-state index in [-0.39, 0.29) is 23.7 Å². The Morgan fingerprint density at radius 1 is 1.16 bits per heavy atom. The fraction of sp³-hybridized carbons (Fsp3) is 0.440. The molecule has 0 fully saturated rings. The molecule has 1 aromatic heterocycles. The zero-order valence-electron chi connectivity index (χ0n) is 18.9. The Hall–Kier alpha value is -2.47. The highest BCUT2D eigenvalue weighted by molar-refractivity contribution is 7.84. The van der Waals surface area contributed by atoms with Crippen molar-refractivity contribution in [1.29, 1.82) is 0 Å². The van der Waals surface area contributed by atoms with Gasteiger partial charge in [-0.1, -0.05) is 44.5 Å². The highest BCUT2D eigenvalue weighted by Crippen LogP contribution is 2.35. The molecule has 0 saturated carbocycles. The van der Waals surface area contributed by atoms with Gasteiger partial charge in [0.1, 0.15) is 22.5 Å². The number of nitrogens with zero attached hydrogens (tertiary/aromatic N) is 1. The van der Waals surface area contributed by atoms with Crippen LogP contribution in [-0.2, 0) is 33.2 Å². The third kappa shape index (κ3) is 5.06. The molecule has 0 radical (unpaired) electrons. The topological polar surface area (TPSA) is 76.5 Å². The summed E-state index contributed by atoms with van der Waals surface area (Å²) < 4.78 is 18.4. The number of aliphatic hydroxyl groups excluding tert-OH is 1. The van der Waals surface area contributed by atoms with Crippen molar-refractivity contribution in [1.82, 2.24) is 4.98 Å². The molecule has 1 aliphatic rings. The van der Waals surface area contributed by atoms with Crippen LogP contribution in [0.3, 0.4) is 0 Å². The molecule has 0 amide bonds. The van der Waals surface area contributed by atoms with E-state index in [0.717, 1.165) is 40.7 Å². The van der Waals surface area contributed by atoms with Crippen molar-refractivity contribution in [3.8, 4) is 0 Å². The molecule has 2 heterocycles. The Labute approximate surface area is 187 Å². The number of aromatic nitrogens is 1. The van der Waals surface area contributed by atoms with Crippen LogP contribution < -0.4 is 0 Å². The van der Waals surface area contributed by atoms with Gasteiger partial charge >= 0.3 is 5.97 Å². The van der Waals surface area contributed by atoms with Crippen LogP contribution in [0.5, 0.6) is 0 Å². The number of benzene rings is 1. The van der Waals surface area contributed by atoms with Gasteiger partial charge in [0.2, 0.25) is 0 Å². The largest absolute Gasteiger partial charge is 0.511 e. The van der Waals surface area contributed by atoms with Gasteiger partial charge in [-0.05, 0) is 55.0 Å². The van der Waals surface area contributed by atoms with Crippen molar-refractivity contribution in [3.63, 3.8) is 0 Å². The maximum absolute atomic E-state index is 13.0. The molecule has 3 atom stereocenters. The van der Waals surface area contributed by atoms with Crippen LogP contribution in [0, 0.1) is 19.8 Å². The maximum Gasteiger partial charge on any atom is 0.342 e. The van der Waals surface area contributed by atoms with Gasteiger partial charge in [0.25, 0.3) is 0 Å². The van der Waals surface area contributed by atoms with Gasteiger partial charge in [-0.15, -0.1) is 0 Å². The Bertz CT molecular complexity index is 1000. The summed E-state index contributed by atoms with van der Waals surface area (Å²) in [5, 5.41) is 11.4. The highest BCUT2D eigenvalue weighted by atomic mass is 32.2. The van der Waals surface area contributed by atoms with Crippen LogP contribution in [-0.4, -0.2) is 32.1 Å². The van der Waals surface area contributed by atoms with E-state index in [1.165, 1.54) is 0 Å². The quantitative estimate of drug-likeness (QED) is 0.622. The van der Waals surface area contributed by atoms with Gasteiger partial charge in [0, 0.05) is 24.3 Å². The molecule has 6 heteroatoms. The Kier molecular flexibility index (Phi) is 7.31. The predicted molar refractivity (Wildman–Crippen MR) is 123 cm³/mol. The number of ether oxygens (including phenoxy) is 1. The van der Waals surface area contributed by atoms with Crippen LogP contribution in [0.15, 0.2) is 41.2 Å². The molecule has 0 bridgehead atoms. The molecule has 3 rings (SSSR count). The van der Waals surface area contributed by atoms with Gasteiger partial charge in [0.05, 0.1) is 10.8 Å². The lowest BCUT2D eigenvalue weighted by Gasteiger charge is -2.30. The van der Waals surface area contributed by atoms with Crippen molar-refractivity contribution in [2.75, 3.05) is 5.75 Å². The summed E-state index contributed by atoms with van der Waals surface area (Å²) in [4.78, 5) is 17.2. The summed E-state index contributed by atoms with van der Waals surface area (Å²) in [6, 6.07) is 7.77. The summed E-state index contributed by atoms with van der Waals surface area (Å²) >= 11 is 0. The molecule has 5 nitrogen and oxygen atoms in total. The second-order valence-electron chi connectivity index (χ2n) is 8.30. The standard InChI is InChI=1S/C25H31NO4S/c1-6-18-10-16(4)11-19(7-2)23(18)24-20(27)12-21(30-25(24)28)17(5)14-31(29)22-9-8-15(3)13-26-22/h8-11,13,17,21,27H,6-7,12,14H2,1-5H3. The smallest absolute Gasteiger partial charge is 0.342 e. The molecular formula is C25H31NO4S. The number of carbonyl (C=O) groups excluding carboxylic acids is 1. The van der Waals surface area contributed by atoms with E-state index in [0.29, 0.717) is 10.8 Å². The average molecular weight is 442 g/mol. The predicted octanol–water partition coefficient (Wildman–Crippen LogP) is 4.85. The SMILES string of the molecule is CCc1cc(C)cc(CC)c1C1=C(O)CC(C(C)CS(=O)c2ccc(C)cn2)OC1=O. The van der Waals surface area contributed by atoms with Crippen molar-refractivity contribution in [2.45, 2.75) is 65.0 Å². The minimum absolute atomic E-state index is 0.0561. The van der Waals surface area contributed by atoms with Gasteiger partial charge in [-0.2, -0.15) is 0 Å². The van der Waals surface area contributed by atoms with Gasteiger partial charge in [-0.3, -0.25) is 4.21 Å². The normalized spacial score (nSPS) is 18.6. The van der Waals surface area contributed by atoms with E-state index in [4.69, 9.17) is 4.74 Å². The van der Waals surface area contributed by atoms with Crippen molar-refractivity contribution in [2.24, 2.45) is 5.92 Å². The Morgan fingerprint density at radius 3 is 2.32 bits per heavy atom. The third-order valence-corrected chi connectivity index (χ3v) is 7.31. The first kappa shape index (κ1) is 23.2. The number of cyclic esters (lactones) is 1. The van der Waals surface area contributed by atoms with E-state index >= 15 is 0 Å². The molecule has 1 aliphatic heterocycles. The molecule has 3 unspecified atom stereocenters. The molecule has 2 aromatic rings. The average Bonchev–Trinajstić information content (AvgIpc) is 2.73. The number of aryl methyl sites for hydroxylation is 4. The van der Waals surface area contributed by atoms with Gasteiger partial charge in [0.15, 0.2) is 0 Å². The molecule has 1 N–H and O–H groups in total. The van der Waals surface area contributed by atoms with E-state index in [2.05, 4.69) is 17.1 Å². The zero-order valence-corrected chi connectivity index (χ0v) is 19.7. The van der Waals surface area contributed by atoms with Crippen LogP contribution in [0.4, 0.5) is 0 Å². The summed E-state index contributed by atoms with van der Waals surface area (Å²) in [6.45, 7) is 9.95. The summed E-state index contributed by atoms with van der Waals surface area (Å²) in [5.41, 5.74) is 5.30. The first-order chi connectivity index (χ1) is 14.7. The lowest BCUT2D eigenvalue weighted by molar-refractivity contribution is -0.145. The molecule has 1 aromatic carbocycles. The lowest BCUT2D eigenvalue weighted by Crippen LogP contribution is -2.34. The minimum Gasteiger partial charge on any atom is -0.511 e. The lowest BCUT2D eigenvalue weighted by atomic mass is 9.86. The van der Waals surface area contributed by atoms with Crippen LogP contribution in [0.2, 0.25) is 0 Å². The fourth-order valence-electron chi connectivity index (χ4n) is 4.05. The molecule has 0 spiro atoms. The Morgan fingerprint density at radius 2 is 1.81 bits per heavy atom. The summed E-state index contributed by atoms with van der Waals surface area (Å²) in [6.07, 6.45) is 2.91. The maximum atomic E-state index is 13.0. The minimum atomic E-state index is -1.30. The monoisotopic (exact) mass is 441 g/mol. The fourth-order valence-corrected chi connectivity index (χ4v) is 5.31. The number of carbonyl (C=O) groups is 1. The molecule has 0 aliphatic carbocycles. The molecule has 31 heavy (non-hydrogen) atoms. The first-order valence-electron chi connectivity index (χ1n) is 10.8. The highest BCUT2D eigenvalue weighted by Gasteiger charge is 2.35. The second-order valence-corrected chi connectivity index (χ2v) is 9.74. The van der Waals surface area contributed by atoms with Crippen LogP contribution >= 0.6 is 0 Å². The summed E-state index contributed by atoms with van der Waals surface area (Å²) in [7, 11) is -1.30. The van der Waals surface area contributed by atoms with Gasteiger partial charge < -0.3 is 9.84 Å².